The number of hydrogen-bond acceptors (Lipinski definition) is 4. The number of carbonyl (C=O) groups excluding carboxylic acids is 1. The maximum absolute atomic E-state index is 12.8. The maximum Gasteiger partial charge on any atom is 0.316 e. The second-order valence-electron chi connectivity index (χ2n) is 6.95. The third kappa shape index (κ3) is 3.81. The first kappa shape index (κ1) is 19.8. The molecular formula is C22H20N4O3S. The highest BCUT2D eigenvalue weighted by Crippen LogP contribution is 2.13. The number of aryl methyl sites for hydroxylation is 2. The van der Waals surface area contributed by atoms with Gasteiger partial charge in [-0.1, -0.05) is 29.8 Å². The highest BCUT2D eigenvalue weighted by atomic mass is 32.1. The molecule has 2 aromatic heterocycles. The molecule has 0 bridgehead atoms. The summed E-state index contributed by atoms with van der Waals surface area (Å²) in [6.45, 7) is 4.81. The van der Waals surface area contributed by atoms with Crippen LogP contribution in [0.15, 0.2) is 68.6 Å². The highest BCUT2D eigenvalue weighted by molar-refractivity contribution is 7.07. The minimum absolute atomic E-state index is 0.342. The zero-order chi connectivity index (χ0) is 21.3. The Labute approximate surface area is 175 Å². The molecule has 0 atom stereocenters. The number of fused-ring (bicyclic) bond motifs is 1. The average molecular weight is 420 g/mol. The molecule has 4 rings (SSSR count). The molecule has 1 amide bonds. The molecule has 0 fully saturated rings. The number of rotatable bonds is 4. The van der Waals surface area contributed by atoms with Crippen molar-refractivity contribution in [1.82, 2.24) is 14.1 Å². The van der Waals surface area contributed by atoms with Crippen LogP contribution in [-0.4, -0.2) is 20.0 Å². The Morgan fingerprint density at radius 3 is 2.63 bits per heavy atom. The number of nitrogens with one attached hydrogen (secondary N) is 1. The lowest BCUT2D eigenvalue weighted by Crippen LogP contribution is -2.36. The predicted molar refractivity (Wildman–Crippen MR) is 117 cm³/mol. The number of carbonyl (C=O) groups is 1. The predicted octanol–water partition coefficient (Wildman–Crippen LogP) is 2.67. The molecule has 0 saturated carbocycles. The fourth-order valence-electron chi connectivity index (χ4n) is 3.27. The molecule has 0 radical (unpaired) electrons. The van der Waals surface area contributed by atoms with Gasteiger partial charge in [-0.2, -0.15) is 4.99 Å². The molecule has 8 heteroatoms. The maximum atomic E-state index is 12.8. The lowest BCUT2D eigenvalue weighted by atomic mass is 10.1. The van der Waals surface area contributed by atoms with Crippen molar-refractivity contribution in [2.24, 2.45) is 4.99 Å². The standard InChI is InChI=1S/C22H20N4O3S/c1-3-26-18-9-8-16(12-17(18)23-20(28)21(26)29)19(27)24-22-25(10-11-30-22)13-15-6-4-14(2)5-7-15/h4-12H,3,13H2,1-2H3,(H,23,28). The van der Waals surface area contributed by atoms with E-state index >= 15 is 0 Å². The van der Waals surface area contributed by atoms with E-state index in [1.165, 1.54) is 21.5 Å². The fraction of sp³-hybridized carbons (Fsp3) is 0.182. The minimum Gasteiger partial charge on any atom is -0.319 e. The normalized spacial score (nSPS) is 11.9. The number of thiazole rings is 1. The summed E-state index contributed by atoms with van der Waals surface area (Å²) in [6.07, 6.45) is 1.90. The van der Waals surface area contributed by atoms with Crippen LogP contribution in [0.2, 0.25) is 0 Å². The highest BCUT2D eigenvalue weighted by Gasteiger charge is 2.11. The third-order valence-corrected chi connectivity index (χ3v) is 5.66. The third-order valence-electron chi connectivity index (χ3n) is 4.87. The topological polar surface area (TPSA) is 89.2 Å². The zero-order valence-electron chi connectivity index (χ0n) is 16.6. The number of H-pyrrole nitrogens is 1. The van der Waals surface area contributed by atoms with Gasteiger partial charge in [0.1, 0.15) is 0 Å². The summed E-state index contributed by atoms with van der Waals surface area (Å²) in [5.74, 6) is -0.410. The van der Waals surface area contributed by atoms with Gasteiger partial charge in [-0.15, -0.1) is 11.3 Å². The van der Waals surface area contributed by atoms with Crippen LogP contribution in [0.25, 0.3) is 11.0 Å². The Morgan fingerprint density at radius 2 is 1.90 bits per heavy atom. The number of aromatic amines is 1. The van der Waals surface area contributed by atoms with E-state index in [1.807, 2.05) is 23.1 Å². The Balaban J connectivity index is 1.70. The van der Waals surface area contributed by atoms with Crippen LogP contribution in [0, 0.1) is 6.92 Å². The molecule has 4 aromatic rings. The van der Waals surface area contributed by atoms with Crippen LogP contribution in [0.5, 0.6) is 0 Å². The van der Waals surface area contributed by atoms with Crippen molar-refractivity contribution in [2.75, 3.05) is 0 Å². The van der Waals surface area contributed by atoms with Gasteiger partial charge in [-0.3, -0.25) is 14.4 Å². The van der Waals surface area contributed by atoms with Crippen LogP contribution >= 0.6 is 11.3 Å². The van der Waals surface area contributed by atoms with Crippen LogP contribution in [0.4, 0.5) is 0 Å². The second-order valence-corrected chi connectivity index (χ2v) is 7.82. The van der Waals surface area contributed by atoms with Gasteiger partial charge in [0.2, 0.25) is 0 Å². The van der Waals surface area contributed by atoms with Crippen molar-refractivity contribution in [1.29, 1.82) is 0 Å². The van der Waals surface area contributed by atoms with E-state index in [2.05, 4.69) is 34.2 Å². The van der Waals surface area contributed by atoms with E-state index in [4.69, 9.17) is 0 Å². The van der Waals surface area contributed by atoms with Gasteiger partial charge in [0.05, 0.1) is 11.0 Å². The van der Waals surface area contributed by atoms with Gasteiger partial charge in [-0.25, -0.2) is 0 Å². The first-order valence-corrected chi connectivity index (χ1v) is 10.4. The van der Waals surface area contributed by atoms with E-state index in [9.17, 15) is 14.4 Å². The SMILES string of the molecule is CCn1c(=O)c(=O)[nH]c2cc(C(=O)N=c3sccn3Cc3ccc(C)cc3)ccc21. The summed E-state index contributed by atoms with van der Waals surface area (Å²) in [6, 6.07) is 13.1. The number of hydrogen-bond donors (Lipinski definition) is 1. The Morgan fingerprint density at radius 1 is 1.13 bits per heavy atom. The smallest absolute Gasteiger partial charge is 0.316 e. The van der Waals surface area contributed by atoms with E-state index < -0.39 is 17.0 Å². The molecule has 1 N–H and O–H groups in total. The summed E-state index contributed by atoms with van der Waals surface area (Å²) in [7, 11) is 0. The Hall–Kier alpha value is -3.52. The fourth-order valence-corrected chi connectivity index (χ4v) is 4.00. The number of aromatic nitrogens is 3. The van der Waals surface area contributed by atoms with Crippen molar-refractivity contribution < 1.29 is 4.79 Å². The molecule has 0 unspecified atom stereocenters. The van der Waals surface area contributed by atoms with Gasteiger partial charge in [0.15, 0.2) is 4.80 Å². The van der Waals surface area contributed by atoms with Gasteiger partial charge in [-0.05, 0) is 37.6 Å². The van der Waals surface area contributed by atoms with Gasteiger partial charge >= 0.3 is 11.1 Å². The quantitative estimate of drug-likeness (QED) is 0.515. The van der Waals surface area contributed by atoms with Crippen molar-refractivity contribution in [2.45, 2.75) is 26.9 Å². The molecule has 152 valence electrons. The first-order valence-electron chi connectivity index (χ1n) is 9.51. The average Bonchev–Trinajstić information content (AvgIpc) is 3.17. The van der Waals surface area contributed by atoms with E-state index in [0.717, 1.165) is 5.56 Å². The lowest BCUT2D eigenvalue weighted by Gasteiger charge is -2.07. The van der Waals surface area contributed by atoms with Crippen molar-refractivity contribution in [3.05, 3.63) is 96.2 Å². The molecule has 2 heterocycles. The summed E-state index contributed by atoms with van der Waals surface area (Å²) in [5.41, 5.74) is 2.34. The molecule has 0 aliphatic heterocycles. The molecule has 7 nitrogen and oxygen atoms in total. The Bertz CT molecular complexity index is 1420. The number of benzene rings is 2. The number of nitrogens with zero attached hydrogens (tertiary/aromatic N) is 3. The Kier molecular flexibility index (Phi) is 5.33. The number of amides is 1. The molecule has 0 aliphatic rings. The van der Waals surface area contributed by atoms with Crippen molar-refractivity contribution in [3.63, 3.8) is 0 Å². The monoisotopic (exact) mass is 420 g/mol. The second kappa shape index (κ2) is 8.08. The summed E-state index contributed by atoms with van der Waals surface area (Å²) < 4.78 is 3.30. The van der Waals surface area contributed by atoms with Crippen LogP contribution in [0.3, 0.4) is 0 Å². The lowest BCUT2D eigenvalue weighted by molar-refractivity contribution is 0.0998. The summed E-state index contributed by atoms with van der Waals surface area (Å²) in [5, 5.41) is 1.89. The molecule has 2 aromatic carbocycles. The van der Waals surface area contributed by atoms with Gasteiger partial charge in [0, 0.05) is 30.2 Å². The van der Waals surface area contributed by atoms with Gasteiger partial charge in [0.25, 0.3) is 5.91 Å². The molecular weight excluding hydrogens is 400 g/mol. The summed E-state index contributed by atoms with van der Waals surface area (Å²) >= 11 is 1.38. The zero-order valence-corrected chi connectivity index (χ0v) is 17.4. The van der Waals surface area contributed by atoms with E-state index in [1.54, 1.807) is 25.1 Å². The van der Waals surface area contributed by atoms with Crippen LogP contribution in [-0.2, 0) is 13.1 Å². The van der Waals surface area contributed by atoms with Crippen molar-refractivity contribution in [3.8, 4) is 0 Å². The van der Waals surface area contributed by atoms with E-state index in [0.29, 0.717) is 34.5 Å². The molecule has 0 saturated heterocycles. The molecule has 0 spiro atoms. The largest absolute Gasteiger partial charge is 0.319 e. The summed E-state index contributed by atoms with van der Waals surface area (Å²) in [4.78, 5) is 44.1. The molecule has 0 aliphatic carbocycles. The van der Waals surface area contributed by atoms with Gasteiger partial charge < -0.3 is 14.1 Å². The van der Waals surface area contributed by atoms with E-state index in [-0.39, 0.29) is 0 Å². The first-order chi connectivity index (χ1) is 14.5. The van der Waals surface area contributed by atoms with Crippen molar-refractivity contribution >= 4 is 28.3 Å². The minimum atomic E-state index is -0.708. The van der Waals surface area contributed by atoms with Crippen LogP contribution in [0.1, 0.15) is 28.4 Å². The molecule has 30 heavy (non-hydrogen) atoms. The van der Waals surface area contributed by atoms with Crippen LogP contribution < -0.4 is 15.9 Å².